The highest BCUT2D eigenvalue weighted by Crippen LogP contribution is 2.14. The van der Waals surface area contributed by atoms with Crippen LogP contribution in [0.2, 0.25) is 0 Å². The van der Waals surface area contributed by atoms with Gasteiger partial charge in [0.15, 0.2) is 0 Å². The van der Waals surface area contributed by atoms with Crippen molar-refractivity contribution in [1.82, 2.24) is 4.90 Å². The largest absolute Gasteiger partial charge is 0.497 e. The molecule has 0 radical (unpaired) electrons. The average Bonchev–Trinajstić information content (AvgIpc) is 2.60. The molecule has 1 amide bonds. The quantitative estimate of drug-likeness (QED) is 0.831. The SMILES string of the molecule is CCCCN(C)C(=O)C1CC[NH+](Cc2ccc(OC)cc2)CC1. The van der Waals surface area contributed by atoms with Crippen LogP contribution in [0.25, 0.3) is 0 Å². The summed E-state index contributed by atoms with van der Waals surface area (Å²) in [6.45, 7) is 6.28. The van der Waals surface area contributed by atoms with Crippen molar-refractivity contribution in [1.29, 1.82) is 0 Å². The van der Waals surface area contributed by atoms with E-state index in [1.807, 2.05) is 24.1 Å². The Bertz CT molecular complexity index is 479. The van der Waals surface area contributed by atoms with Gasteiger partial charge in [0.1, 0.15) is 12.3 Å². The van der Waals surface area contributed by atoms with Crippen LogP contribution in [0.5, 0.6) is 5.75 Å². The van der Waals surface area contributed by atoms with Crippen molar-refractivity contribution in [3.05, 3.63) is 29.8 Å². The van der Waals surface area contributed by atoms with Gasteiger partial charge in [-0.1, -0.05) is 13.3 Å². The Labute approximate surface area is 140 Å². The molecule has 1 aliphatic heterocycles. The van der Waals surface area contributed by atoms with E-state index in [2.05, 4.69) is 19.1 Å². The van der Waals surface area contributed by atoms with Crippen molar-refractivity contribution in [3.8, 4) is 5.75 Å². The van der Waals surface area contributed by atoms with E-state index in [9.17, 15) is 4.79 Å². The predicted octanol–water partition coefficient (Wildman–Crippen LogP) is 1.75. The molecule has 23 heavy (non-hydrogen) atoms. The highest BCUT2D eigenvalue weighted by molar-refractivity contribution is 5.78. The fourth-order valence-corrected chi connectivity index (χ4v) is 3.30. The molecule has 1 aromatic carbocycles. The number of likely N-dealkylation sites (tertiary alicyclic amines) is 1. The third-order valence-electron chi connectivity index (χ3n) is 4.88. The fourth-order valence-electron chi connectivity index (χ4n) is 3.30. The number of hydrogen-bond donors (Lipinski definition) is 1. The molecule has 1 saturated heterocycles. The highest BCUT2D eigenvalue weighted by Gasteiger charge is 2.29. The zero-order valence-corrected chi connectivity index (χ0v) is 14.8. The molecule has 1 fully saturated rings. The first-order chi connectivity index (χ1) is 11.1. The first-order valence-electron chi connectivity index (χ1n) is 8.85. The molecule has 0 aromatic heterocycles. The number of amides is 1. The predicted molar refractivity (Wildman–Crippen MR) is 92.7 cm³/mol. The molecule has 1 aliphatic rings. The number of methoxy groups -OCH3 is 1. The van der Waals surface area contributed by atoms with E-state index in [0.29, 0.717) is 5.91 Å². The summed E-state index contributed by atoms with van der Waals surface area (Å²) < 4.78 is 5.20. The van der Waals surface area contributed by atoms with E-state index in [4.69, 9.17) is 4.74 Å². The molecule has 1 aromatic rings. The van der Waals surface area contributed by atoms with Crippen LogP contribution in [-0.4, -0.2) is 44.6 Å². The van der Waals surface area contributed by atoms with Gasteiger partial charge >= 0.3 is 0 Å². The van der Waals surface area contributed by atoms with E-state index in [-0.39, 0.29) is 5.92 Å². The lowest BCUT2D eigenvalue weighted by Gasteiger charge is -2.31. The molecule has 0 atom stereocenters. The van der Waals surface area contributed by atoms with Crippen LogP contribution in [0.4, 0.5) is 0 Å². The molecule has 1 N–H and O–H groups in total. The Morgan fingerprint density at radius 3 is 2.48 bits per heavy atom. The lowest BCUT2D eigenvalue weighted by molar-refractivity contribution is -0.919. The summed E-state index contributed by atoms with van der Waals surface area (Å²) in [6, 6.07) is 8.32. The van der Waals surface area contributed by atoms with Gasteiger partial charge in [-0.15, -0.1) is 0 Å². The van der Waals surface area contributed by atoms with Crippen LogP contribution in [0, 0.1) is 5.92 Å². The van der Waals surface area contributed by atoms with Crippen LogP contribution in [0.15, 0.2) is 24.3 Å². The number of unbranched alkanes of at least 4 members (excludes halogenated alkanes) is 1. The minimum Gasteiger partial charge on any atom is -0.497 e. The molecule has 4 nitrogen and oxygen atoms in total. The average molecular weight is 319 g/mol. The fraction of sp³-hybridized carbons (Fsp3) is 0.632. The number of rotatable bonds is 7. The second-order valence-electron chi connectivity index (χ2n) is 6.66. The topological polar surface area (TPSA) is 34.0 Å². The van der Waals surface area contributed by atoms with Gasteiger partial charge in [-0.3, -0.25) is 4.79 Å². The Balaban J connectivity index is 1.77. The second-order valence-corrected chi connectivity index (χ2v) is 6.66. The number of nitrogens with zero attached hydrogens (tertiary/aromatic N) is 1. The molecular formula is C19H31N2O2+. The Hall–Kier alpha value is -1.55. The number of quaternary nitrogens is 1. The second kappa shape index (κ2) is 8.92. The van der Waals surface area contributed by atoms with Gasteiger partial charge in [0.25, 0.3) is 0 Å². The Kier molecular flexibility index (Phi) is 6.90. The zero-order valence-electron chi connectivity index (χ0n) is 14.8. The van der Waals surface area contributed by atoms with Crippen LogP contribution in [0.1, 0.15) is 38.2 Å². The first-order valence-corrected chi connectivity index (χ1v) is 8.85. The number of benzene rings is 1. The summed E-state index contributed by atoms with van der Waals surface area (Å²) in [5.74, 6) is 1.49. The number of carbonyl (C=O) groups excluding carboxylic acids is 1. The Morgan fingerprint density at radius 2 is 1.91 bits per heavy atom. The van der Waals surface area contributed by atoms with Crippen LogP contribution in [0.3, 0.4) is 0 Å². The third kappa shape index (κ3) is 5.24. The van der Waals surface area contributed by atoms with E-state index >= 15 is 0 Å². The van der Waals surface area contributed by atoms with Crippen molar-refractivity contribution >= 4 is 5.91 Å². The Morgan fingerprint density at radius 1 is 1.26 bits per heavy atom. The standard InChI is InChI=1S/C19H30N2O2/c1-4-5-12-20(2)19(22)17-10-13-21(14-11-17)15-16-6-8-18(23-3)9-7-16/h6-9,17H,4-5,10-15H2,1-3H3/p+1. The molecule has 0 bridgehead atoms. The lowest BCUT2D eigenvalue weighted by atomic mass is 9.95. The molecule has 0 aliphatic carbocycles. The third-order valence-corrected chi connectivity index (χ3v) is 4.88. The maximum Gasteiger partial charge on any atom is 0.225 e. The molecule has 1 heterocycles. The van der Waals surface area contributed by atoms with E-state index in [0.717, 1.165) is 57.6 Å². The van der Waals surface area contributed by atoms with Gasteiger partial charge < -0.3 is 14.5 Å². The van der Waals surface area contributed by atoms with Crippen LogP contribution >= 0.6 is 0 Å². The van der Waals surface area contributed by atoms with Gasteiger partial charge in [0.05, 0.1) is 20.2 Å². The number of nitrogens with one attached hydrogen (secondary N) is 1. The van der Waals surface area contributed by atoms with Gasteiger partial charge in [-0.25, -0.2) is 0 Å². The van der Waals surface area contributed by atoms with Crippen molar-refractivity contribution in [3.63, 3.8) is 0 Å². The molecule has 4 heteroatoms. The summed E-state index contributed by atoms with van der Waals surface area (Å²) >= 11 is 0. The minimum absolute atomic E-state index is 0.233. The van der Waals surface area contributed by atoms with Gasteiger partial charge in [-0.05, 0) is 30.7 Å². The summed E-state index contributed by atoms with van der Waals surface area (Å²) in [4.78, 5) is 16.0. The lowest BCUT2D eigenvalue weighted by Crippen LogP contribution is -3.11. The maximum atomic E-state index is 12.4. The molecule has 0 spiro atoms. The van der Waals surface area contributed by atoms with Crippen molar-refractivity contribution < 1.29 is 14.4 Å². The molecule has 0 unspecified atom stereocenters. The van der Waals surface area contributed by atoms with Crippen LogP contribution < -0.4 is 9.64 Å². The first kappa shape index (κ1) is 17.8. The monoisotopic (exact) mass is 319 g/mol. The normalized spacial score (nSPS) is 21.0. The summed E-state index contributed by atoms with van der Waals surface area (Å²) in [5, 5.41) is 0. The molecule has 128 valence electrons. The summed E-state index contributed by atoms with van der Waals surface area (Å²) in [6.07, 6.45) is 4.27. The number of ether oxygens (including phenoxy) is 1. The van der Waals surface area contributed by atoms with Gasteiger partial charge in [0.2, 0.25) is 5.91 Å². The zero-order chi connectivity index (χ0) is 16.7. The minimum atomic E-state index is 0.233. The van der Waals surface area contributed by atoms with Crippen molar-refractivity contribution in [2.24, 2.45) is 5.92 Å². The highest BCUT2D eigenvalue weighted by atomic mass is 16.5. The maximum absolute atomic E-state index is 12.4. The van der Waals surface area contributed by atoms with Crippen LogP contribution in [-0.2, 0) is 11.3 Å². The summed E-state index contributed by atoms with van der Waals surface area (Å²) in [7, 11) is 3.65. The smallest absolute Gasteiger partial charge is 0.225 e. The van der Waals surface area contributed by atoms with E-state index in [1.165, 1.54) is 5.56 Å². The number of piperidine rings is 1. The van der Waals surface area contributed by atoms with Crippen molar-refractivity contribution in [2.75, 3.05) is 33.8 Å². The van der Waals surface area contributed by atoms with E-state index < -0.39 is 0 Å². The molecule has 0 saturated carbocycles. The van der Waals surface area contributed by atoms with Gasteiger partial charge in [0, 0.05) is 37.9 Å². The molecule has 2 rings (SSSR count). The number of carbonyl (C=O) groups is 1. The summed E-state index contributed by atoms with van der Waals surface area (Å²) in [5.41, 5.74) is 1.34. The van der Waals surface area contributed by atoms with E-state index in [1.54, 1.807) is 12.0 Å². The molecular weight excluding hydrogens is 288 g/mol. The van der Waals surface area contributed by atoms with Crippen molar-refractivity contribution in [2.45, 2.75) is 39.2 Å². The number of hydrogen-bond acceptors (Lipinski definition) is 2. The van der Waals surface area contributed by atoms with Gasteiger partial charge in [-0.2, -0.15) is 0 Å².